The molecule has 21 heavy (non-hydrogen) atoms. The van der Waals surface area contributed by atoms with Gasteiger partial charge in [-0.2, -0.15) is 0 Å². The van der Waals surface area contributed by atoms with Crippen LogP contribution >= 0.6 is 0 Å². The number of rotatable bonds is 4. The molecule has 0 unspecified atom stereocenters. The molecule has 1 saturated heterocycles. The fourth-order valence-electron chi connectivity index (χ4n) is 2.94. The molecule has 3 rings (SSSR count). The zero-order chi connectivity index (χ0) is 14.5. The van der Waals surface area contributed by atoms with Crippen LogP contribution in [0.25, 0.3) is 0 Å². The molecule has 0 aromatic heterocycles. The summed E-state index contributed by atoms with van der Waals surface area (Å²) in [5, 5.41) is 5.68. The molecule has 1 spiro atoms. The zero-order valence-electron chi connectivity index (χ0n) is 12.1. The van der Waals surface area contributed by atoms with Crippen molar-refractivity contribution < 1.29 is 14.3 Å². The van der Waals surface area contributed by atoms with Crippen LogP contribution < -0.4 is 10.6 Å². The SMILES string of the molecule is O=C(NCc1ccccc1)NC[C@@H]1COC2(CCCC2)O1. The van der Waals surface area contributed by atoms with Gasteiger partial charge in [-0.3, -0.25) is 0 Å². The summed E-state index contributed by atoms with van der Waals surface area (Å²) in [4.78, 5) is 11.8. The van der Waals surface area contributed by atoms with Crippen molar-refractivity contribution in [1.29, 1.82) is 0 Å². The maximum atomic E-state index is 11.8. The number of carbonyl (C=O) groups excluding carboxylic acids is 1. The predicted molar refractivity (Wildman–Crippen MR) is 78.7 cm³/mol. The van der Waals surface area contributed by atoms with E-state index in [2.05, 4.69) is 10.6 Å². The van der Waals surface area contributed by atoms with Gasteiger partial charge in [0.15, 0.2) is 5.79 Å². The third-order valence-electron chi connectivity index (χ3n) is 4.07. The van der Waals surface area contributed by atoms with Crippen molar-refractivity contribution in [3.8, 4) is 0 Å². The zero-order valence-corrected chi connectivity index (χ0v) is 12.1. The van der Waals surface area contributed by atoms with Gasteiger partial charge in [0.1, 0.15) is 6.10 Å². The van der Waals surface area contributed by atoms with Gasteiger partial charge in [-0.15, -0.1) is 0 Å². The van der Waals surface area contributed by atoms with Gasteiger partial charge >= 0.3 is 6.03 Å². The number of hydrogen-bond donors (Lipinski definition) is 2. The van der Waals surface area contributed by atoms with E-state index in [0.29, 0.717) is 19.7 Å². The highest BCUT2D eigenvalue weighted by molar-refractivity contribution is 5.73. The van der Waals surface area contributed by atoms with Crippen LogP contribution in [0, 0.1) is 0 Å². The average molecular weight is 290 g/mol. The van der Waals surface area contributed by atoms with Gasteiger partial charge in [0.05, 0.1) is 6.61 Å². The molecule has 2 N–H and O–H groups in total. The van der Waals surface area contributed by atoms with E-state index >= 15 is 0 Å². The highest BCUT2D eigenvalue weighted by Crippen LogP contribution is 2.38. The molecule has 1 aliphatic heterocycles. The van der Waals surface area contributed by atoms with Crippen LogP contribution in [0.5, 0.6) is 0 Å². The fourth-order valence-corrected chi connectivity index (χ4v) is 2.94. The third kappa shape index (κ3) is 3.74. The van der Waals surface area contributed by atoms with Crippen LogP contribution in [0.3, 0.4) is 0 Å². The summed E-state index contributed by atoms with van der Waals surface area (Å²) in [6, 6.07) is 9.67. The topological polar surface area (TPSA) is 59.6 Å². The van der Waals surface area contributed by atoms with Crippen molar-refractivity contribution >= 4 is 6.03 Å². The summed E-state index contributed by atoms with van der Waals surface area (Å²) in [6.07, 6.45) is 4.24. The molecule has 2 amide bonds. The molecule has 2 aliphatic rings. The third-order valence-corrected chi connectivity index (χ3v) is 4.07. The Kier molecular flexibility index (Phi) is 4.41. The average Bonchev–Trinajstić information content (AvgIpc) is 3.14. The minimum atomic E-state index is -0.354. The van der Waals surface area contributed by atoms with E-state index in [4.69, 9.17) is 9.47 Å². The van der Waals surface area contributed by atoms with Crippen molar-refractivity contribution in [2.45, 2.75) is 44.1 Å². The van der Waals surface area contributed by atoms with E-state index in [1.807, 2.05) is 30.3 Å². The maximum Gasteiger partial charge on any atom is 0.315 e. The predicted octanol–water partition coefficient (Wildman–Crippen LogP) is 2.17. The number of benzene rings is 1. The second-order valence-electron chi connectivity index (χ2n) is 5.72. The van der Waals surface area contributed by atoms with Gasteiger partial charge in [0, 0.05) is 25.9 Å². The van der Waals surface area contributed by atoms with Gasteiger partial charge in [0.2, 0.25) is 0 Å². The van der Waals surface area contributed by atoms with E-state index < -0.39 is 0 Å². The summed E-state index contributed by atoms with van der Waals surface area (Å²) in [5.41, 5.74) is 1.08. The van der Waals surface area contributed by atoms with Gasteiger partial charge < -0.3 is 20.1 Å². The number of urea groups is 1. The highest BCUT2D eigenvalue weighted by atomic mass is 16.7. The minimum Gasteiger partial charge on any atom is -0.347 e. The van der Waals surface area contributed by atoms with Crippen LogP contribution in [0.2, 0.25) is 0 Å². The monoisotopic (exact) mass is 290 g/mol. The van der Waals surface area contributed by atoms with Crippen molar-refractivity contribution in [2.24, 2.45) is 0 Å². The van der Waals surface area contributed by atoms with E-state index in [1.54, 1.807) is 0 Å². The molecule has 5 heteroatoms. The van der Waals surface area contributed by atoms with Crippen LogP contribution in [0.15, 0.2) is 30.3 Å². The Bertz CT molecular complexity index is 472. The molecule has 1 heterocycles. The number of nitrogens with one attached hydrogen (secondary N) is 2. The summed E-state index contributed by atoms with van der Waals surface area (Å²) >= 11 is 0. The molecule has 114 valence electrons. The smallest absolute Gasteiger partial charge is 0.315 e. The fraction of sp³-hybridized carbons (Fsp3) is 0.562. The van der Waals surface area contributed by atoms with Crippen LogP contribution in [0.4, 0.5) is 4.79 Å². The van der Waals surface area contributed by atoms with Crippen LogP contribution in [-0.4, -0.2) is 31.1 Å². The summed E-state index contributed by atoms with van der Waals surface area (Å²) in [7, 11) is 0. The Labute approximate surface area is 125 Å². The van der Waals surface area contributed by atoms with E-state index in [-0.39, 0.29) is 17.9 Å². The minimum absolute atomic E-state index is 0.0365. The Balaban J connectivity index is 1.36. The second kappa shape index (κ2) is 6.45. The van der Waals surface area contributed by atoms with E-state index in [1.165, 1.54) is 0 Å². The van der Waals surface area contributed by atoms with Crippen molar-refractivity contribution in [3.63, 3.8) is 0 Å². The molecule has 1 atom stereocenters. The number of ether oxygens (including phenoxy) is 2. The van der Waals surface area contributed by atoms with Gasteiger partial charge in [-0.1, -0.05) is 30.3 Å². The standard InChI is InChI=1S/C16H22N2O3/c19-15(17-10-13-6-2-1-3-7-13)18-11-14-12-20-16(21-14)8-4-5-9-16/h1-3,6-7,14H,4-5,8-12H2,(H2,17,18,19)/t14-/m1/s1. The molecule has 0 radical (unpaired) electrons. The molecule has 2 fully saturated rings. The lowest BCUT2D eigenvalue weighted by molar-refractivity contribution is -0.160. The number of amides is 2. The lowest BCUT2D eigenvalue weighted by atomic mass is 10.2. The summed E-state index contributed by atoms with van der Waals surface area (Å²) in [6.45, 7) is 1.58. The molecular weight excluding hydrogens is 268 g/mol. The van der Waals surface area contributed by atoms with E-state index in [0.717, 1.165) is 31.2 Å². The van der Waals surface area contributed by atoms with Gasteiger partial charge in [0.25, 0.3) is 0 Å². The lowest BCUT2D eigenvalue weighted by Crippen LogP contribution is -2.40. The second-order valence-corrected chi connectivity index (χ2v) is 5.72. The first-order chi connectivity index (χ1) is 10.3. The van der Waals surface area contributed by atoms with Crippen LogP contribution in [0.1, 0.15) is 31.2 Å². The number of carbonyl (C=O) groups is 1. The molecule has 1 aliphatic carbocycles. The summed E-state index contributed by atoms with van der Waals surface area (Å²) < 4.78 is 11.7. The van der Waals surface area contributed by atoms with Crippen molar-refractivity contribution in [3.05, 3.63) is 35.9 Å². The first kappa shape index (κ1) is 14.4. The molecule has 0 bridgehead atoms. The Morgan fingerprint density at radius 3 is 2.71 bits per heavy atom. The van der Waals surface area contributed by atoms with E-state index in [9.17, 15) is 4.79 Å². The van der Waals surface area contributed by atoms with Gasteiger partial charge in [-0.05, 0) is 18.4 Å². The lowest BCUT2D eigenvalue weighted by Gasteiger charge is -2.21. The largest absolute Gasteiger partial charge is 0.347 e. The first-order valence-corrected chi connectivity index (χ1v) is 7.63. The Morgan fingerprint density at radius 2 is 1.95 bits per heavy atom. The number of hydrogen-bond acceptors (Lipinski definition) is 3. The van der Waals surface area contributed by atoms with Crippen molar-refractivity contribution in [1.82, 2.24) is 10.6 Å². The molecule has 5 nitrogen and oxygen atoms in total. The Morgan fingerprint density at radius 1 is 1.19 bits per heavy atom. The first-order valence-electron chi connectivity index (χ1n) is 7.63. The van der Waals surface area contributed by atoms with Crippen molar-refractivity contribution in [2.75, 3.05) is 13.2 Å². The quantitative estimate of drug-likeness (QED) is 0.893. The van der Waals surface area contributed by atoms with Gasteiger partial charge in [-0.25, -0.2) is 4.79 Å². The normalized spacial score (nSPS) is 23.3. The molecule has 1 saturated carbocycles. The maximum absolute atomic E-state index is 11.8. The summed E-state index contributed by atoms with van der Waals surface area (Å²) in [5.74, 6) is -0.354. The molecule has 1 aromatic carbocycles. The van der Waals surface area contributed by atoms with Crippen LogP contribution in [-0.2, 0) is 16.0 Å². The Hall–Kier alpha value is -1.59. The molecule has 1 aromatic rings. The molecular formula is C16H22N2O3. The highest BCUT2D eigenvalue weighted by Gasteiger charge is 2.43.